The first-order chi connectivity index (χ1) is 12.1. The van der Waals surface area contributed by atoms with Crippen LogP contribution in [0.15, 0.2) is 18.2 Å². The maximum atomic E-state index is 13.3. The number of nitrogens with two attached hydrogens (primary N) is 1. The maximum Gasteiger partial charge on any atom is 0.410 e. The van der Waals surface area contributed by atoms with E-state index in [4.69, 9.17) is 10.5 Å². The number of halogens is 2. The first-order valence-electron chi connectivity index (χ1n) is 8.66. The SMILES string of the molecule is CC(C)(C)OC(=O)N1CCNC[C@@H]1[C@@H](O)[C@H](N)Cc1cc(F)cc(F)c1. The van der Waals surface area contributed by atoms with Gasteiger partial charge in [0.1, 0.15) is 17.2 Å². The van der Waals surface area contributed by atoms with Crippen LogP contribution in [0.2, 0.25) is 0 Å². The molecule has 146 valence electrons. The van der Waals surface area contributed by atoms with Gasteiger partial charge in [-0.25, -0.2) is 13.6 Å². The summed E-state index contributed by atoms with van der Waals surface area (Å²) < 4.78 is 32.1. The van der Waals surface area contributed by atoms with E-state index in [-0.39, 0.29) is 6.42 Å². The number of ether oxygens (including phenoxy) is 1. The Hall–Kier alpha value is -1.77. The highest BCUT2D eigenvalue weighted by molar-refractivity contribution is 5.69. The van der Waals surface area contributed by atoms with Gasteiger partial charge in [-0.1, -0.05) is 0 Å². The van der Waals surface area contributed by atoms with Crippen LogP contribution in [-0.2, 0) is 11.2 Å². The largest absolute Gasteiger partial charge is 0.444 e. The Morgan fingerprint density at radius 1 is 1.38 bits per heavy atom. The number of carbonyl (C=O) groups is 1. The second kappa shape index (κ2) is 8.28. The molecule has 1 saturated heterocycles. The third-order valence-electron chi connectivity index (χ3n) is 4.14. The number of benzene rings is 1. The van der Waals surface area contributed by atoms with Crippen molar-refractivity contribution in [1.82, 2.24) is 10.2 Å². The number of rotatable bonds is 4. The van der Waals surface area contributed by atoms with Crippen LogP contribution in [-0.4, -0.2) is 59.5 Å². The molecular weight excluding hydrogens is 344 g/mol. The van der Waals surface area contributed by atoms with E-state index in [0.717, 1.165) is 6.07 Å². The van der Waals surface area contributed by atoms with E-state index in [2.05, 4.69) is 5.32 Å². The fourth-order valence-electron chi connectivity index (χ4n) is 2.98. The second-order valence-corrected chi connectivity index (χ2v) is 7.58. The van der Waals surface area contributed by atoms with Crippen molar-refractivity contribution in [2.75, 3.05) is 19.6 Å². The van der Waals surface area contributed by atoms with Crippen molar-refractivity contribution in [2.45, 2.75) is 51.0 Å². The topological polar surface area (TPSA) is 87.8 Å². The summed E-state index contributed by atoms with van der Waals surface area (Å²) in [6.07, 6.45) is -1.53. The summed E-state index contributed by atoms with van der Waals surface area (Å²) in [5.41, 5.74) is 5.76. The zero-order valence-electron chi connectivity index (χ0n) is 15.3. The lowest BCUT2D eigenvalue weighted by Crippen LogP contribution is -2.62. The number of aliphatic hydroxyl groups is 1. The van der Waals surface area contributed by atoms with Gasteiger partial charge in [-0.3, -0.25) is 4.90 Å². The fourth-order valence-corrected chi connectivity index (χ4v) is 2.98. The highest BCUT2D eigenvalue weighted by atomic mass is 19.1. The minimum atomic E-state index is -1.08. The van der Waals surface area contributed by atoms with Crippen molar-refractivity contribution >= 4 is 6.09 Å². The fraction of sp³-hybridized carbons (Fsp3) is 0.611. The molecule has 2 rings (SSSR count). The molecule has 1 aliphatic rings. The molecule has 26 heavy (non-hydrogen) atoms. The number of carbonyl (C=O) groups excluding carboxylic acids is 1. The lowest BCUT2D eigenvalue weighted by molar-refractivity contribution is -0.0174. The van der Waals surface area contributed by atoms with Gasteiger partial charge in [0, 0.05) is 31.7 Å². The number of hydrogen-bond acceptors (Lipinski definition) is 5. The number of amides is 1. The lowest BCUT2D eigenvalue weighted by atomic mass is 9.95. The zero-order valence-corrected chi connectivity index (χ0v) is 15.3. The van der Waals surface area contributed by atoms with Gasteiger partial charge in [0.2, 0.25) is 0 Å². The lowest BCUT2D eigenvalue weighted by Gasteiger charge is -2.40. The molecule has 1 aromatic carbocycles. The molecule has 0 bridgehead atoms. The van der Waals surface area contributed by atoms with Gasteiger partial charge >= 0.3 is 6.09 Å². The van der Waals surface area contributed by atoms with Gasteiger partial charge < -0.3 is 20.9 Å². The number of hydrogen-bond donors (Lipinski definition) is 3. The van der Waals surface area contributed by atoms with Crippen molar-refractivity contribution in [1.29, 1.82) is 0 Å². The highest BCUT2D eigenvalue weighted by Gasteiger charge is 2.37. The smallest absolute Gasteiger partial charge is 0.410 e. The molecule has 1 heterocycles. The Labute approximate surface area is 152 Å². The molecular formula is C18H27F2N3O3. The third-order valence-corrected chi connectivity index (χ3v) is 4.14. The van der Waals surface area contributed by atoms with Crippen LogP contribution in [0.25, 0.3) is 0 Å². The van der Waals surface area contributed by atoms with E-state index in [1.807, 2.05) is 0 Å². The first-order valence-corrected chi connectivity index (χ1v) is 8.66. The molecule has 8 heteroatoms. The summed E-state index contributed by atoms with van der Waals surface area (Å²) >= 11 is 0. The van der Waals surface area contributed by atoms with E-state index in [0.29, 0.717) is 25.2 Å². The quantitative estimate of drug-likeness (QED) is 0.745. The van der Waals surface area contributed by atoms with Crippen molar-refractivity contribution in [3.05, 3.63) is 35.4 Å². The molecule has 1 amide bonds. The maximum absolute atomic E-state index is 13.3. The number of nitrogens with zero attached hydrogens (tertiary/aromatic N) is 1. The molecule has 0 aliphatic carbocycles. The summed E-state index contributed by atoms with van der Waals surface area (Å²) in [4.78, 5) is 13.9. The van der Waals surface area contributed by atoms with E-state index < -0.39 is 41.5 Å². The summed E-state index contributed by atoms with van der Waals surface area (Å²) in [7, 11) is 0. The summed E-state index contributed by atoms with van der Waals surface area (Å²) in [6.45, 7) is 6.60. The average molecular weight is 371 g/mol. The van der Waals surface area contributed by atoms with Gasteiger partial charge in [0.25, 0.3) is 0 Å². The monoisotopic (exact) mass is 371 g/mol. The van der Waals surface area contributed by atoms with Gasteiger partial charge in [-0.15, -0.1) is 0 Å². The molecule has 1 aromatic rings. The van der Waals surface area contributed by atoms with E-state index in [1.165, 1.54) is 17.0 Å². The van der Waals surface area contributed by atoms with Crippen LogP contribution < -0.4 is 11.1 Å². The van der Waals surface area contributed by atoms with Crippen molar-refractivity contribution in [2.24, 2.45) is 5.73 Å². The molecule has 4 N–H and O–H groups in total. The van der Waals surface area contributed by atoms with Crippen LogP contribution in [0.4, 0.5) is 13.6 Å². The van der Waals surface area contributed by atoms with Gasteiger partial charge in [0.15, 0.2) is 0 Å². The highest BCUT2D eigenvalue weighted by Crippen LogP contribution is 2.18. The minimum Gasteiger partial charge on any atom is -0.444 e. The van der Waals surface area contributed by atoms with Crippen molar-refractivity contribution < 1.29 is 23.4 Å². The Kier molecular flexibility index (Phi) is 6.54. The standard InChI is InChI=1S/C18H27F2N3O3/c1-18(2,3)26-17(25)23-5-4-22-10-15(23)16(24)14(21)8-11-6-12(19)9-13(20)7-11/h6-7,9,14-16,22,24H,4-5,8,10,21H2,1-3H3/t14-,15-,16+/m1/s1. The number of nitrogens with one attached hydrogen (secondary N) is 1. The zero-order chi connectivity index (χ0) is 19.5. The average Bonchev–Trinajstić information content (AvgIpc) is 2.51. The van der Waals surface area contributed by atoms with Gasteiger partial charge in [0.05, 0.1) is 12.1 Å². The Morgan fingerprint density at radius 3 is 2.58 bits per heavy atom. The van der Waals surface area contributed by atoms with Crippen LogP contribution in [0.3, 0.4) is 0 Å². The van der Waals surface area contributed by atoms with Gasteiger partial charge in [-0.05, 0) is 44.9 Å². The molecule has 0 saturated carbocycles. The molecule has 3 atom stereocenters. The minimum absolute atomic E-state index is 0.0779. The second-order valence-electron chi connectivity index (χ2n) is 7.58. The summed E-state index contributed by atoms with van der Waals surface area (Å²) in [5, 5.41) is 13.8. The molecule has 0 spiro atoms. The third kappa shape index (κ3) is 5.62. The first kappa shape index (κ1) is 20.5. The Balaban J connectivity index is 2.08. The summed E-state index contributed by atoms with van der Waals surface area (Å²) in [5.74, 6) is -1.40. The van der Waals surface area contributed by atoms with Gasteiger partial charge in [-0.2, -0.15) is 0 Å². The van der Waals surface area contributed by atoms with Crippen molar-refractivity contribution in [3.8, 4) is 0 Å². The number of piperazine rings is 1. The molecule has 1 aliphatic heterocycles. The molecule has 0 aromatic heterocycles. The Bertz CT molecular complexity index is 616. The van der Waals surface area contributed by atoms with Crippen LogP contribution in [0.1, 0.15) is 26.3 Å². The number of aliphatic hydroxyl groups excluding tert-OH is 1. The molecule has 0 unspecified atom stereocenters. The molecule has 0 radical (unpaired) electrons. The van der Waals surface area contributed by atoms with Crippen LogP contribution in [0.5, 0.6) is 0 Å². The van der Waals surface area contributed by atoms with E-state index >= 15 is 0 Å². The predicted molar refractivity (Wildman–Crippen MR) is 93.6 cm³/mol. The molecule has 6 nitrogen and oxygen atoms in total. The van der Waals surface area contributed by atoms with E-state index in [1.54, 1.807) is 20.8 Å². The van der Waals surface area contributed by atoms with E-state index in [9.17, 15) is 18.7 Å². The van der Waals surface area contributed by atoms with Crippen LogP contribution in [0, 0.1) is 11.6 Å². The van der Waals surface area contributed by atoms with Crippen molar-refractivity contribution in [3.63, 3.8) is 0 Å². The molecule has 1 fully saturated rings. The van der Waals surface area contributed by atoms with Crippen LogP contribution >= 0.6 is 0 Å². The predicted octanol–water partition coefficient (Wildman–Crippen LogP) is 1.40. The normalized spacial score (nSPS) is 20.6. The summed E-state index contributed by atoms with van der Waals surface area (Å²) in [6, 6.07) is 1.75. The Morgan fingerprint density at radius 2 is 2.00 bits per heavy atom.